The second-order valence-electron chi connectivity index (χ2n) is 6.71. The molecule has 2 aromatic carbocycles. The summed E-state index contributed by atoms with van der Waals surface area (Å²) in [4.78, 5) is 0.117. The summed E-state index contributed by atoms with van der Waals surface area (Å²) >= 11 is 6.22. The van der Waals surface area contributed by atoms with Crippen molar-refractivity contribution in [3.63, 3.8) is 0 Å². The highest BCUT2D eigenvalue weighted by Crippen LogP contribution is 2.22. The molecule has 0 atom stereocenters. The van der Waals surface area contributed by atoms with Gasteiger partial charge in [0.1, 0.15) is 0 Å². The summed E-state index contributed by atoms with van der Waals surface area (Å²) in [5, 5.41) is 3.55. The molecule has 0 unspecified atom stereocenters. The van der Waals surface area contributed by atoms with E-state index in [-0.39, 0.29) is 23.7 Å². The molecule has 10 heteroatoms. The van der Waals surface area contributed by atoms with Crippen LogP contribution in [0.5, 0.6) is 0 Å². The van der Waals surface area contributed by atoms with Gasteiger partial charge in [0.15, 0.2) is 0 Å². The fraction of sp³-hybridized carbons (Fsp3) is 0.368. The summed E-state index contributed by atoms with van der Waals surface area (Å²) in [6.07, 6.45) is 0. The Balaban J connectivity index is 1.85. The standard InChI is InChI=1S/C19H24ClN3O4S2/c20-19-9-5-4-6-17(19)16-23(29(26,27)18-7-2-1-3-8-18)14-15-28(24,25)22-12-10-21-11-13-22/h1-9,21H,10-16H2. The molecule has 1 fully saturated rings. The number of sulfonamides is 2. The first-order valence-electron chi connectivity index (χ1n) is 9.28. The fourth-order valence-corrected chi connectivity index (χ4v) is 6.31. The minimum atomic E-state index is -3.89. The molecule has 0 aromatic heterocycles. The monoisotopic (exact) mass is 457 g/mol. The number of benzene rings is 2. The number of piperazine rings is 1. The van der Waals surface area contributed by atoms with Gasteiger partial charge >= 0.3 is 0 Å². The van der Waals surface area contributed by atoms with E-state index in [1.54, 1.807) is 42.5 Å². The molecule has 2 aromatic rings. The molecule has 0 saturated carbocycles. The Labute approximate surface area is 177 Å². The quantitative estimate of drug-likeness (QED) is 0.652. The number of nitrogens with one attached hydrogen (secondary N) is 1. The van der Waals surface area contributed by atoms with Crippen LogP contribution in [0.25, 0.3) is 0 Å². The molecule has 0 bridgehead atoms. The van der Waals surface area contributed by atoms with Crippen molar-refractivity contribution < 1.29 is 16.8 Å². The van der Waals surface area contributed by atoms with Crippen LogP contribution in [0.2, 0.25) is 5.02 Å². The van der Waals surface area contributed by atoms with Crippen molar-refractivity contribution in [1.29, 1.82) is 0 Å². The van der Waals surface area contributed by atoms with Gasteiger partial charge in [-0.25, -0.2) is 16.8 Å². The van der Waals surface area contributed by atoms with E-state index in [9.17, 15) is 16.8 Å². The van der Waals surface area contributed by atoms with Gasteiger partial charge in [-0.3, -0.25) is 0 Å². The Hall–Kier alpha value is -1.49. The van der Waals surface area contributed by atoms with Gasteiger partial charge < -0.3 is 5.32 Å². The maximum Gasteiger partial charge on any atom is 0.243 e. The molecule has 1 aliphatic rings. The molecule has 3 rings (SSSR count). The smallest absolute Gasteiger partial charge is 0.243 e. The highest BCUT2D eigenvalue weighted by Gasteiger charge is 2.29. The number of halogens is 1. The first-order chi connectivity index (χ1) is 13.8. The van der Waals surface area contributed by atoms with Gasteiger partial charge in [-0.05, 0) is 23.8 Å². The minimum absolute atomic E-state index is 0.00598. The molecule has 0 aliphatic carbocycles. The van der Waals surface area contributed by atoms with Crippen LogP contribution >= 0.6 is 11.6 Å². The molecule has 7 nitrogen and oxygen atoms in total. The molecule has 1 saturated heterocycles. The van der Waals surface area contributed by atoms with Gasteiger partial charge in [-0.15, -0.1) is 0 Å². The zero-order valence-electron chi connectivity index (χ0n) is 15.9. The third-order valence-corrected chi connectivity index (χ3v) is 8.83. The van der Waals surface area contributed by atoms with Gasteiger partial charge in [0.2, 0.25) is 20.0 Å². The van der Waals surface area contributed by atoms with Crippen molar-refractivity contribution >= 4 is 31.6 Å². The van der Waals surface area contributed by atoms with Crippen LogP contribution in [-0.2, 0) is 26.6 Å². The van der Waals surface area contributed by atoms with Crippen LogP contribution in [0.4, 0.5) is 0 Å². The average molecular weight is 458 g/mol. The van der Waals surface area contributed by atoms with Gasteiger partial charge in [-0.1, -0.05) is 48.0 Å². The normalized spacial score (nSPS) is 16.2. The summed E-state index contributed by atoms with van der Waals surface area (Å²) < 4.78 is 54.5. The van der Waals surface area contributed by atoms with E-state index in [1.807, 2.05) is 0 Å². The van der Waals surface area contributed by atoms with Crippen molar-refractivity contribution in [3.05, 3.63) is 65.2 Å². The van der Waals surface area contributed by atoms with Gasteiger partial charge in [0.05, 0.1) is 10.6 Å². The van der Waals surface area contributed by atoms with E-state index >= 15 is 0 Å². The Morgan fingerprint density at radius 1 is 0.931 bits per heavy atom. The Morgan fingerprint density at radius 3 is 2.21 bits per heavy atom. The third-order valence-electron chi connectivity index (χ3n) is 4.75. The molecule has 0 radical (unpaired) electrons. The number of hydrogen-bond donors (Lipinski definition) is 1. The van der Waals surface area contributed by atoms with E-state index in [0.29, 0.717) is 36.8 Å². The van der Waals surface area contributed by atoms with Crippen LogP contribution in [0.15, 0.2) is 59.5 Å². The predicted molar refractivity (Wildman–Crippen MR) is 114 cm³/mol. The summed E-state index contributed by atoms with van der Waals surface area (Å²) in [6.45, 7) is 1.79. The lowest BCUT2D eigenvalue weighted by atomic mass is 10.2. The maximum absolute atomic E-state index is 13.2. The topological polar surface area (TPSA) is 86.8 Å². The van der Waals surface area contributed by atoms with Gasteiger partial charge in [0.25, 0.3) is 0 Å². The average Bonchev–Trinajstić information content (AvgIpc) is 2.73. The molecule has 0 amide bonds. The first-order valence-corrected chi connectivity index (χ1v) is 12.7. The SMILES string of the molecule is O=S(=O)(CCN(Cc1ccccc1Cl)S(=O)(=O)c1ccccc1)N1CCNCC1. The molecular formula is C19H24ClN3O4S2. The van der Waals surface area contributed by atoms with Crippen LogP contribution in [0, 0.1) is 0 Å². The Kier molecular flexibility index (Phi) is 7.31. The second-order valence-corrected chi connectivity index (χ2v) is 11.1. The van der Waals surface area contributed by atoms with Crippen molar-refractivity contribution in [2.24, 2.45) is 0 Å². The van der Waals surface area contributed by atoms with E-state index in [1.165, 1.54) is 20.7 Å². The lowest BCUT2D eigenvalue weighted by Gasteiger charge is -2.28. The van der Waals surface area contributed by atoms with Crippen LogP contribution in [0.1, 0.15) is 5.56 Å². The first kappa shape index (κ1) is 22.2. The molecule has 158 valence electrons. The summed E-state index contributed by atoms with van der Waals surface area (Å²) in [5.41, 5.74) is 0.619. The molecular weight excluding hydrogens is 434 g/mol. The number of rotatable bonds is 8. The molecule has 1 N–H and O–H groups in total. The van der Waals surface area contributed by atoms with Crippen molar-refractivity contribution in [3.8, 4) is 0 Å². The van der Waals surface area contributed by atoms with Crippen molar-refractivity contribution in [1.82, 2.24) is 13.9 Å². The van der Waals surface area contributed by atoms with Crippen molar-refractivity contribution in [2.75, 3.05) is 38.5 Å². The van der Waals surface area contributed by atoms with E-state index in [4.69, 9.17) is 11.6 Å². The lowest BCUT2D eigenvalue weighted by molar-refractivity contribution is 0.355. The highest BCUT2D eigenvalue weighted by atomic mass is 35.5. The van der Waals surface area contributed by atoms with Crippen LogP contribution in [-0.4, -0.2) is 63.9 Å². The van der Waals surface area contributed by atoms with Crippen molar-refractivity contribution in [2.45, 2.75) is 11.4 Å². The van der Waals surface area contributed by atoms with E-state index < -0.39 is 20.0 Å². The Bertz CT molecular complexity index is 1020. The van der Waals surface area contributed by atoms with E-state index in [2.05, 4.69) is 5.32 Å². The molecule has 1 aliphatic heterocycles. The number of nitrogens with zero attached hydrogens (tertiary/aromatic N) is 2. The number of hydrogen-bond acceptors (Lipinski definition) is 5. The summed E-state index contributed by atoms with van der Waals surface area (Å²) in [6, 6.07) is 15.0. The molecule has 1 heterocycles. The fourth-order valence-electron chi connectivity index (χ4n) is 3.11. The zero-order chi connectivity index (χ0) is 20.9. The largest absolute Gasteiger partial charge is 0.314 e. The highest BCUT2D eigenvalue weighted by molar-refractivity contribution is 7.90. The molecule has 0 spiro atoms. The van der Waals surface area contributed by atoms with Gasteiger partial charge in [0, 0.05) is 44.3 Å². The second kappa shape index (κ2) is 9.55. The maximum atomic E-state index is 13.2. The summed E-state index contributed by atoms with van der Waals surface area (Å²) in [5.74, 6) is -0.288. The minimum Gasteiger partial charge on any atom is -0.314 e. The molecule has 29 heavy (non-hydrogen) atoms. The zero-order valence-corrected chi connectivity index (χ0v) is 18.3. The van der Waals surface area contributed by atoms with Crippen LogP contribution in [0.3, 0.4) is 0 Å². The van der Waals surface area contributed by atoms with E-state index in [0.717, 1.165) is 0 Å². The lowest BCUT2D eigenvalue weighted by Crippen LogP contribution is -2.48. The van der Waals surface area contributed by atoms with Gasteiger partial charge in [-0.2, -0.15) is 8.61 Å². The predicted octanol–water partition coefficient (Wildman–Crippen LogP) is 1.77. The summed E-state index contributed by atoms with van der Waals surface area (Å²) in [7, 11) is -7.46. The third kappa shape index (κ3) is 5.56. The van der Waals surface area contributed by atoms with Crippen LogP contribution < -0.4 is 5.32 Å². The Morgan fingerprint density at radius 2 is 1.55 bits per heavy atom.